The molecule has 1 fully saturated rings. The summed E-state index contributed by atoms with van der Waals surface area (Å²) in [5, 5.41) is 3.16. The van der Waals surface area contributed by atoms with E-state index in [1.165, 1.54) is 0 Å². The second kappa shape index (κ2) is 7.93. The molecule has 0 aliphatic carbocycles. The van der Waals surface area contributed by atoms with Gasteiger partial charge in [0.25, 0.3) is 0 Å². The van der Waals surface area contributed by atoms with Crippen LogP contribution in [0.1, 0.15) is 12.8 Å². The molecule has 1 N–H and O–H groups in total. The van der Waals surface area contributed by atoms with Crippen LogP contribution in [0.3, 0.4) is 0 Å². The van der Waals surface area contributed by atoms with Crippen LogP contribution in [0.25, 0.3) is 0 Å². The lowest BCUT2D eigenvalue weighted by Gasteiger charge is -2.31. The third-order valence-electron chi connectivity index (χ3n) is 3.50. The van der Waals surface area contributed by atoms with Crippen LogP contribution in [-0.4, -0.2) is 39.4 Å². The molecule has 1 aliphatic heterocycles. The number of piperidine rings is 1. The Labute approximate surface area is 140 Å². The Morgan fingerprint density at radius 3 is 2.55 bits per heavy atom. The van der Waals surface area contributed by atoms with E-state index in [-0.39, 0.29) is 12.4 Å². The molecule has 7 heteroatoms. The lowest BCUT2D eigenvalue weighted by Crippen LogP contribution is -2.40. The molecule has 114 valence electrons. The van der Waals surface area contributed by atoms with Gasteiger partial charge in [0.05, 0.1) is 4.90 Å². The molecule has 0 unspecified atom stereocenters. The molecule has 0 aromatic heterocycles. The zero-order chi connectivity index (χ0) is 13.9. The summed E-state index contributed by atoms with van der Waals surface area (Å²) in [6.07, 6.45) is 1.87. The van der Waals surface area contributed by atoms with Gasteiger partial charge in [-0.1, -0.05) is 6.07 Å². The van der Waals surface area contributed by atoms with Crippen LogP contribution in [0.5, 0.6) is 0 Å². The highest BCUT2D eigenvalue weighted by molar-refractivity contribution is 14.1. The fourth-order valence-corrected chi connectivity index (χ4v) is 4.69. The summed E-state index contributed by atoms with van der Waals surface area (Å²) in [4.78, 5) is 0.409. The van der Waals surface area contributed by atoms with Crippen LogP contribution >= 0.6 is 35.0 Å². The Bertz CT molecular complexity index is 531. The largest absolute Gasteiger partial charge is 0.319 e. The molecule has 1 aromatic carbocycles. The maximum atomic E-state index is 12.5. The maximum Gasteiger partial charge on any atom is 0.243 e. The van der Waals surface area contributed by atoms with Crippen molar-refractivity contribution in [2.75, 3.05) is 26.7 Å². The molecule has 0 radical (unpaired) electrons. The fraction of sp³-hybridized carbons (Fsp3) is 0.538. The van der Waals surface area contributed by atoms with E-state index in [4.69, 9.17) is 0 Å². The van der Waals surface area contributed by atoms with Crippen molar-refractivity contribution in [3.63, 3.8) is 0 Å². The molecule has 0 atom stereocenters. The first-order valence-electron chi connectivity index (χ1n) is 6.44. The van der Waals surface area contributed by atoms with Crippen LogP contribution < -0.4 is 5.32 Å². The number of hydrogen-bond acceptors (Lipinski definition) is 3. The second-order valence-electron chi connectivity index (χ2n) is 4.86. The normalized spacial score (nSPS) is 17.7. The summed E-state index contributed by atoms with van der Waals surface area (Å²) in [7, 11) is -1.38. The highest BCUT2D eigenvalue weighted by Gasteiger charge is 2.29. The standard InChI is InChI=1S/C13H19IN2O2S.ClH/c1-15-10-11-5-7-16(8-6-11)19(17,18)13-4-2-3-12(14)9-13;/h2-4,9,11,15H,5-8,10H2,1H3;1H. The average molecular weight is 431 g/mol. The van der Waals surface area contributed by atoms with E-state index in [0.717, 1.165) is 23.0 Å². The summed E-state index contributed by atoms with van der Waals surface area (Å²) in [5.74, 6) is 0.590. The fourth-order valence-electron chi connectivity index (χ4n) is 2.42. The molecule has 1 heterocycles. The van der Waals surface area contributed by atoms with Gasteiger partial charge in [-0.2, -0.15) is 4.31 Å². The van der Waals surface area contributed by atoms with Crippen LogP contribution in [0.2, 0.25) is 0 Å². The third kappa shape index (κ3) is 4.30. The van der Waals surface area contributed by atoms with Crippen LogP contribution in [0, 0.1) is 9.49 Å². The Kier molecular flexibility index (Phi) is 7.20. The minimum atomic E-state index is -3.31. The van der Waals surface area contributed by atoms with Crippen molar-refractivity contribution in [1.82, 2.24) is 9.62 Å². The van der Waals surface area contributed by atoms with E-state index in [1.54, 1.807) is 22.5 Å². The highest BCUT2D eigenvalue weighted by atomic mass is 127. The van der Waals surface area contributed by atoms with Crippen molar-refractivity contribution in [1.29, 1.82) is 0 Å². The van der Waals surface area contributed by atoms with Gasteiger partial charge < -0.3 is 5.32 Å². The molecule has 0 saturated carbocycles. The number of nitrogens with one attached hydrogen (secondary N) is 1. The number of halogens is 2. The predicted molar refractivity (Wildman–Crippen MR) is 91.8 cm³/mol. The molecule has 20 heavy (non-hydrogen) atoms. The monoisotopic (exact) mass is 430 g/mol. The summed E-state index contributed by atoms with van der Waals surface area (Å²) in [6.45, 7) is 2.22. The molecule has 0 amide bonds. The van der Waals surface area contributed by atoms with Gasteiger partial charge in [0.1, 0.15) is 0 Å². The van der Waals surface area contributed by atoms with Gasteiger partial charge >= 0.3 is 0 Å². The molecule has 1 saturated heterocycles. The first-order chi connectivity index (χ1) is 9.04. The number of hydrogen-bond donors (Lipinski definition) is 1. The summed E-state index contributed by atoms with van der Waals surface area (Å²) in [6, 6.07) is 7.11. The van der Waals surface area contributed by atoms with Crippen molar-refractivity contribution >= 4 is 45.0 Å². The van der Waals surface area contributed by atoms with E-state index < -0.39 is 10.0 Å². The van der Waals surface area contributed by atoms with Gasteiger partial charge in [-0.15, -0.1) is 12.4 Å². The molecule has 0 spiro atoms. The second-order valence-corrected chi connectivity index (χ2v) is 8.05. The van der Waals surface area contributed by atoms with Gasteiger partial charge in [0, 0.05) is 16.7 Å². The Hall–Kier alpha value is 0.110. The summed E-state index contributed by atoms with van der Waals surface area (Å²) < 4.78 is 27.6. The maximum absolute atomic E-state index is 12.5. The van der Waals surface area contributed by atoms with Gasteiger partial charge in [-0.3, -0.25) is 0 Å². The summed E-state index contributed by atoms with van der Waals surface area (Å²) in [5.41, 5.74) is 0. The van der Waals surface area contributed by atoms with E-state index in [0.29, 0.717) is 23.9 Å². The van der Waals surface area contributed by atoms with E-state index >= 15 is 0 Å². The van der Waals surface area contributed by atoms with E-state index in [9.17, 15) is 8.42 Å². The van der Waals surface area contributed by atoms with E-state index in [1.807, 2.05) is 13.1 Å². The zero-order valence-electron chi connectivity index (χ0n) is 11.4. The smallest absolute Gasteiger partial charge is 0.243 e. The van der Waals surface area contributed by atoms with Gasteiger partial charge in [-0.05, 0) is 73.1 Å². The number of benzene rings is 1. The minimum absolute atomic E-state index is 0. The third-order valence-corrected chi connectivity index (χ3v) is 6.07. The SMILES string of the molecule is CNCC1CCN(S(=O)(=O)c2cccc(I)c2)CC1.Cl. The zero-order valence-corrected chi connectivity index (χ0v) is 15.2. The Morgan fingerprint density at radius 2 is 2.00 bits per heavy atom. The van der Waals surface area contributed by atoms with E-state index in [2.05, 4.69) is 27.9 Å². The molecule has 0 bridgehead atoms. The molecule has 2 rings (SSSR count). The average Bonchev–Trinajstić information content (AvgIpc) is 2.40. The van der Waals surface area contributed by atoms with Crippen molar-refractivity contribution in [2.24, 2.45) is 5.92 Å². The summed E-state index contributed by atoms with van der Waals surface area (Å²) >= 11 is 2.14. The van der Waals surface area contributed by atoms with Crippen molar-refractivity contribution in [3.8, 4) is 0 Å². The lowest BCUT2D eigenvalue weighted by molar-refractivity contribution is 0.270. The molecule has 1 aliphatic rings. The van der Waals surface area contributed by atoms with Gasteiger partial charge in [-0.25, -0.2) is 8.42 Å². The van der Waals surface area contributed by atoms with Gasteiger partial charge in [0.2, 0.25) is 10.0 Å². The lowest BCUT2D eigenvalue weighted by atomic mass is 9.98. The van der Waals surface area contributed by atoms with Crippen LogP contribution in [-0.2, 0) is 10.0 Å². The number of sulfonamides is 1. The highest BCUT2D eigenvalue weighted by Crippen LogP contribution is 2.24. The predicted octanol–water partition coefficient (Wildman–Crippen LogP) is 2.33. The van der Waals surface area contributed by atoms with Gasteiger partial charge in [0.15, 0.2) is 0 Å². The molecule has 4 nitrogen and oxygen atoms in total. The first-order valence-corrected chi connectivity index (χ1v) is 8.96. The first kappa shape index (κ1) is 18.2. The van der Waals surface area contributed by atoms with Crippen molar-refractivity contribution < 1.29 is 8.42 Å². The molecular formula is C13H20ClIN2O2S. The Morgan fingerprint density at radius 1 is 1.35 bits per heavy atom. The Balaban J connectivity index is 0.00000200. The van der Waals surface area contributed by atoms with Crippen LogP contribution in [0.15, 0.2) is 29.2 Å². The topological polar surface area (TPSA) is 49.4 Å². The minimum Gasteiger partial charge on any atom is -0.319 e. The quantitative estimate of drug-likeness (QED) is 0.746. The number of rotatable bonds is 4. The molecule has 1 aromatic rings. The van der Waals surface area contributed by atoms with Crippen molar-refractivity contribution in [2.45, 2.75) is 17.7 Å². The van der Waals surface area contributed by atoms with Crippen LogP contribution in [0.4, 0.5) is 0 Å². The van der Waals surface area contributed by atoms with Crippen molar-refractivity contribution in [3.05, 3.63) is 27.8 Å². The molecular weight excluding hydrogens is 411 g/mol. The number of nitrogens with zero attached hydrogens (tertiary/aromatic N) is 1.